The number of rotatable bonds is 11. The van der Waals surface area contributed by atoms with Gasteiger partial charge >= 0.3 is 0 Å². The van der Waals surface area contributed by atoms with Crippen LogP contribution in [0.4, 0.5) is 0 Å². The minimum absolute atomic E-state index is 0.815. The van der Waals surface area contributed by atoms with Crippen LogP contribution in [0.3, 0.4) is 0 Å². The number of unbranched alkanes of at least 4 members (excludes halogenated alkanes) is 6. The predicted molar refractivity (Wildman–Crippen MR) is 85.5 cm³/mol. The van der Waals surface area contributed by atoms with Crippen LogP contribution in [0.5, 0.6) is 0 Å². The molecule has 1 rings (SSSR count). The van der Waals surface area contributed by atoms with Crippen molar-refractivity contribution in [1.29, 1.82) is 0 Å². The zero-order valence-electron chi connectivity index (χ0n) is 12.5. The van der Waals surface area contributed by atoms with Crippen molar-refractivity contribution >= 4 is 11.8 Å². The Morgan fingerprint density at radius 2 is 1.61 bits per heavy atom. The molecule has 1 nitrogen and oxygen atoms in total. The number of thioether (sulfide) groups is 1. The van der Waals surface area contributed by atoms with E-state index in [2.05, 4.69) is 30.9 Å². The second-order valence-electron chi connectivity index (χ2n) is 5.77. The average Bonchev–Trinajstić information content (AvgIpc) is 2.83. The number of hydrogen-bond donors (Lipinski definition) is 1. The lowest BCUT2D eigenvalue weighted by atomic mass is 9.96. The standard InChI is InChI=1S/C16H33NS/c1-3-5-6-7-8-9-10-11-15-13-18-14-16(15)17-12-4-2/h15-17H,3-14H2,1-2H3. The van der Waals surface area contributed by atoms with Gasteiger partial charge in [0.1, 0.15) is 0 Å². The minimum Gasteiger partial charge on any atom is -0.313 e. The lowest BCUT2D eigenvalue weighted by Gasteiger charge is -2.19. The maximum absolute atomic E-state index is 3.73. The van der Waals surface area contributed by atoms with Gasteiger partial charge in [0.05, 0.1) is 0 Å². The lowest BCUT2D eigenvalue weighted by molar-refractivity contribution is 0.389. The van der Waals surface area contributed by atoms with Crippen molar-refractivity contribution in [3.8, 4) is 0 Å². The smallest absolute Gasteiger partial charge is 0.0194 e. The van der Waals surface area contributed by atoms with Crippen molar-refractivity contribution in [2.75, 3.05) is 18.1 Å². The van der Waals surface area contributed by atoms with Crippen LogP contribution in [0.25, 0.3) is 0 Å². The summed E-state index contributed by atoms with van der Waals surface area (Å²) in [4.78, 5) is 0. The van der Waals surface area contributed by atoms with Gasteiger partial charge in [0.25, 0.3) is 0 Å². The third-order valence-corrected chi connectivity index (χ3v) is 5.29. The first-order valence-corrected chi connectivity index (χ1v) is 9.35. The van der Waals surface area contributed by atoms with Crippen LogP contribution in [0.1, 0.15) is 71.6 Å². The molecule has 0 amide bonds. The van der Waals surface area contributed by atoms with E-state index >= 15 is 0 Å². The molecule has 1 heterocycles. The van der Waals surface area contributed by atoms with Crippen LogP contribution in [-0.4, -0.2) is 24.1 Å². The Morgan fingerprint density at radius 1 is 0.889 bits per heavy atom. The largest absolute Gasteiger partial charge is 0.313 e. The molecular weight excluding hydrogens is 238 g/mol. The SMILES string of the molecule is CCCCCCCCCC1CSCC1NCCC. The first-order valence-electron chi connectivity index (χ1n) is 8.19. The first kappa shape index (κ1) is 16.4. The molecule has 0 aliphatic carbocycles. The van der Waals surface area contributed by atoms with E-state index in [4.69, 9.17) is 0 Å². The lowest BCUT2D eigenvalue weighted by Crippen LogP contribution is -2.35. The van der Waals surface area contributed by atoms with Crippen molar-refractivity contribution in [1.82, 2.24) is 5.32 Å². The molecule has 0 radical (unpaired) electrons. The predicted octanol–water partition coefficient (Wildman–Crippen LogP) is 4.86. The maximum atomic E-state index is 3.73. The van der Waals surface area contributed by atoms with E-state index in [0.717, 1.165) is 12.0 Å². The van der Waals surface area contributed by atoms with Crippen LogP contribution in [-0.2, 0) is 0 Å². The highest BCUT2D eigenvalue weighted by Crippen LogP contribution is 2.28. The summed E-state index contributed by atoms with van der Waals surface area (Å²) in [6, 6.07) is 0.815. The zero-order chi connectivity index (χ0) is 13.1. The van der Waals surface area contributed by atoms with Crippen LogP contribution in [0.2, 0.25) is 0 Å². The minimum atomic E-state index is 0.815. The van der Waals surface area contributed by atoms with Gasteiger partial charge in [-0.3, -0.25) is 0 Å². The summed E-state index contributed by atoms with van der Waals surface area (Å²) >= 11 is 2.15. The van der Waals surface area contributed by atoms with Gasteiger partial charge in [-0.15, -0.1) is 0 Å². The summed E-state index contributed by atoms with van der Waals surface area (Å²) in [5, 5.41) is 3.73. The fraction of sp³-hybridized carbons (Fsp3) is 1.00. The molecule has 1 N–H and O–H groups in total. The highest BCUT2D eigenvalue weighted by molar-refractivity contribution is 7.99. The summed E-state index contributed by atoms with van der Waals surface area (Å²) in [5.41, 5.74) is 0. The molecule has 1 saturated heterocycles. The van der Waals surface area contributed by atoms with E-state index in [9.17, 15) is 0 Å². The van der Waals surface area contributed by atoms with Gasteiger partial charge in [-0.2, -0.15) is 11.8 Å². The molecule has 1 fully saturated rings. The molecule has 0 saturated carbocycles. The molecule has 1 aliphatic heterocycles. The van der Waals surface area contributed by atoms with E-state index in [1.54, 1.807) is 0 Å². The summed E-state index contributed by atoms with van der Waals surface area (Å²) in [7, 11) is 0. The third kappa shape index (κ3) is 7.04. The van der Waals surface area contributed by atoms with Gasteiger partial charge in [-0.05, 0) is 31.1 Å². The molecule has 0 aromatic heterocycles. The second-order valence-corrected chi connectivity index (χ2v) is 6.84. The van der Waals surface area contributed by atoms with E-state index in [0.29, 0.717) is 0 Å². The van der Waals surface area contributed by atoms with Crippen molar-refractivity contribution in [2.45, 2.75) is 77.7 Å². The van der Waals surface area contributed by atoms with Crippen LogP contribution < -0.4 is 5.32 Å². The van der Waals surface area contributed by atoms with E-state index in [-0.39, 0.29) is 0 Å². The average molecular weight is 272 g/mol. The van der Waals surface area contributed by atoms with E-state index in [1.807, 2.05) is 0 Å². The van der Waals surface area contributed by atoms with Gasteiger partial charge in [0.2, 0.25) is 0 Å². The second kappa shape index (κ2) is 11.2. The monoisotopic (exact) mass is 271 g/mol. The number of hydrogen-bond acceptors (Lipinski definition) is 2. The van der Waals surface area contributed by atoms with Crippen molar-refractivity contribution in [2.24, 2.45) is 5.92 Å². The molecule has 0 aromatic rings. The highest BCUT2D eigenvalue weighted by Gasteiger charge is 2.26. The van der Waals surface area contributed by atoms with Gasteiger partial charge < -0.3 is 5.32 Å². The van der Waals surface area contributed by atoms with Gasteiger partial charge in [0.15, 0.2) is 0 Å². The first-order chi connectivity index (χ1) is 8.88. The summed E-state index contributed by atoms with van der Waals surface area (Å²) in [6.07, 6.45) is 12.8. The van der Waals surface area contributed by atoms with Crippen LogP contribution >= 0.6 is 11.8 Å². The Kier molecular flexibility index (Phi) is 10.1. The Morgan fingerprint density at radius 3 is 2.33 bits per heavy atom. The molecule has 18 heavy (non-hydrogen) atoms. The van der Waals surface area contributed by atoms with E-state index in [1.165, 1.54) is 75.8 Å². The Bertz CT molecular complexity index is 184. The van der Waals surface area contributed by atoms with Gasteiger partial charge in [0, 0.05) is 11.8 Å². The number of nitrogens with one attached hydrogen (secondary N) is 1. The molecule has 2 unspecified atom stereocenters. The molecule has 0 aromatic carbocycles. The molecule has 1 aliphatic rings. The zero-order valence-corrected chi connectivity index (χ0v) is 13.4. The maximum Gasteiger partial charge on any atom is 0.0194 e. The normalized spacial score (nSPS) is 23.7. The fourth-order valence-electron chi connectivity index (χ4n) is 2.80. The highest BCUT2D eigenvalue weighted by atomic mass is 32.2. The van der Waals surface area contributed by atoms with Gasteiger partial charge in [-0.25, -0.2) is 0 Å². The molecule has 2 heteroatoms. The summed E-state index contributed by atoms with van der Waals surface area (Å²) in [6.45, 7) is 5.76. The Hall–Kier alpha value is 0.310. The third-order valence-electron chi connectivity index (χ3n) is 4.03. The quantitative estimate of drug-likeness (QED) is 0.539. The van der Waals surface area contributed by atoms with Crippen LogP contribution in [0, 0.1) is 5.92 Å². The van der Waals surface area contributed by atoms with Crippen molar-refractivity contribution in [3.63, 3.8) is 0 Å². The van der Waals surface area contributed by atoms with E-state index < -0.39 is 0 Å². The molecule has 2 atom stereocenters. The van der Waals surface area contributed by atoms with Crippen molar-refractivity contribution < 1.29 is 0 Å². The van der Waals surface area contributed by atoms with Crippen molar-refractivity contribution in [3.05, 3.63) is 0 Å². The Balaban J connectivity index is 1.97. The molecule has 0 spiro atoms. The Labute approximate surface area is 119 Å². The molecular formula is C16H33NS. The van der Waals surface area contributed by atoms with Crippen LogP contribution in [0.15, 0.2) is 0 Å². The fourth-order valence-corrected chi connectivity index (χ4v) is 4.28. The summed E-state index contributed by atoms with van der Waals surface area (Å²) in [5.74, 6) is 3.70. The summed E-state index contributed by atoms with van der Waals surface area (Å²) < 4.78 is 0. The topological polar surface area (TPSA) is 12.0 Å². The molecule has 0 bridgehead atoms. The molecule has 108 valence electrons. The van der Waals surface area contributed by atoms with Gasteiger partial charge in [-0.1, -0.05) is 58.8 Å².